The number of alkyl halides is 1. The molecule has 2 unspecified atom stereocenters. The van der Waals surface area contributed by atoms with Crippen molar-refractivity contribution in [1.82, 2.24) is 0 Å². The summed E-state index contributed by atoms with van der Waals surface area (Å²) in [5.74, 6) is -0.470. The predicted octanol–water partition coefficient (Wildman–Crippen LogP) is 5.74. The van der Waals surface area contributed by atoms with Crippen molar-refractivity contribution in [3.05, 3.63) is 62.3 Å². The van der Waals surface area contributed by atoms with E-state index in [2.05, 4.69) is 4.99 Å². The SMILES string of the molecule is CC1(c2cc(Cl)c(Cl)c(Cl)c2)CN=C(c2ccc(F)c(N)c2)C1Cl. The van der Waals surface area contributed by atoms with Crippen molar-refractivity contribution >= 4 is 57.8 Å². The molecular formula is C17H13Cl4FN2. The molecule has 0 spiro atoms. The molecule has 0 saturated carbocycles. The van der Waals surface area contributed by atoms with Gasteiger partial charge in [-0.25, -0.2) is 4.39 Å². The van der Waals surface area contributed by atoms with Gasteiger partial charge in [-0.05, 0) is 35.4 Å². The molecule has 1 heterocycles. The predicted molar refractivity (Wildman–Crippen MR) is 101 cm³/mol. The van der Waals surface area contributed by atoms with Crippen LogP contribution in [0.5, 0.6) is 0 Å². The molecule has 2 aromatic carbocycles. The Morgan fingerprint density at radius 2 is 1.79 bits per heavy atom. The van der Waals surface area contributed by atoms with Crippen LogP contribution in [-0.2, 0) is 5.41 Å². The minimum atomic E-state index is -0.516. The van der Waals surface area contributed by atoms with Crippen molar-refractivity contribution in [2.24, 2.45) is 4.99 Å². The highest BCUT2D eigenvalue weighted by molar-refractivity contribution is 6.48. The zero-order valence-electron chi connectivity index (χ0n) is 12.6. The Hall–Kier alpha value is -1.00. The van der Waals surface area contributed by atoms with Crippen LogP contribution in [0, 0.1) is 5.82 Å². The maximum atomic E-state index is 13.4. The van der Waals surface area contributed by atoms with E-state index in [4.69, 9.17) is 52.1 Å². The van der Waals surface area contributed by atoms with E-state index in [1.165, 1.54) is 12.1 Å². The van der Waals surface area contributed by atoms with Gasteiger partial charge < -0.3 is 5.73 Å². The van der Waals surface area contributed by atoms with Crippen molar-refractivity contribution in [3.8, 4) is 0 Å². The Labute approximate surface area is 159 Å². The van der Waals surface area contributed by atoms with Gasteiger partial charge in [0.05, 0.1) is 38.4 Å². The Morgan fingerprint density at radius 3 is 2.38 bits per heavy atom. The highest BCUT2D eigenvalue weighted by Crippen LogP contribution is 2.42. The van der Waals surface area contributed by atoms with Crippen LogP contribution in [0.25, 0.3) is 0 Å². The molecule has 0 amide bonds. The maximum Gasteiger partial charge on any atom is 0.146 e. The molecule has 0 aromatic heterocycles. The van der Waals surface area contributed by atoms with E-state index in [1.807, 2.05) is 6.92 Å². The lowest BCUT2D eigenvalue weighted by Gasteiger charge is -2.29. The van der Waals surface area contributed by atoms with Crippen molar-refractivity contribution in [3.63, 3.8) is 0 Å². The summed E-state index contributed by atoms with van der Waals surface area (Å²) in [6.45, 7) is 2.42. The van der Waals surface area contributed by atoms with E-state index >= 15 is 0 Å². The van der Waals surface area contributed by atoms with Gasteiger partial charge in [0.1, 0.15) is 5.82 Å². The fraction of sp³-hybridized carbons (Fsp3) is 0.235. The molecule has 0 aliphatic carbocycles. The highest BCUT2D eigenvalue weighted by atomic mass is 35.5. The van der Waals surface area contributed by atoms with Crippen molar-refractivity contribution in [1.29, 1.82) is 0 Å². The third-order valence-electron chi connectivity index (χ3n) is 4.31. The van der Waals surface area contributed by atoms with Crippen LogP contribution in [0.1, 0.15) is 18.1 Å². The number of hydrogen-bond donors (Lipinski definition) is 1. The first kappa shape index (κ1) is 17.8. The summed E-state index contributed by atoms with van der Waals surface area (Å²) in [5.41, 5.74) is 7.39. The quantitative estimate of drug-likeness (QED) is 0.386. The van der Waals surface area contributed by atoms with Gasteiger partial charge >= 0.3 is 0 Å². The van der Waals surface area contributed by atoms with Gasteiger partial charge in [0.25, 0.3) is 0 Å². The number of nitrogen functional groups attached to an aromatic ring is 1. The second-order valence-electron chi connectivity index (χ2n) is 5.97. The van der Waals surface area contributed by atoms with Crippen LogP contribution in [0.4, 0.5) is 10.1 Å². The maximum absolute atomic E-state index is 13.4. The summed E-state index contributed by atoms with van der Waals surface area (Å²) in [6, 6.07) is 7.97. The minimum Gasteiger partial charge on any atom is -0.396 e. The fourth-order valence-electron chi connectivity index (χ4n) is 2.78. The number of nitrogens with zero attached hydrogens (tertiary/aromatic N) is 1. The number of aliphatic imine (C=N–C) groups is 1. The standard InChI is InChI=1S/C17H13Cl4FN2/c1-17(9-5-10(18)14(20)11(19)6-9)7-24-15(16(17)21)8-2-3-12(22)13(23)4-8/h2-6,16H,7,23H2,1H3. The first-order valence-corrected chi connectivity index (χ1v) is 8.70. The monoisotopic (exact) mass is 404 g/mol. The first-order valence-electron chi connectivity index (χ1n) is 7.13. The molecule has 0 radical (unpaired) electrons. The van der Waals surface area contributed by atoms with Gasteiger partial charge in [-0.1, -0.05) is 47.8 Å². The topological polar surface area (TPSA) is 38.4 Å². The van der Waals surface area contributed by atoms with E-state index in [-0.39, 0.29) is 5.69 Å². The molecule has 2 N–H and O–H groups in total. The van der Waals surface area contributed by atoms with Gasteiger partial charge in [-0.3, -0.25) is 4.99 Å². The summed E-state index contributed by atoms with van der Waals surface area (Å²) in [7, 11) is 0. The molecule has 3 rings (SSSR count). The molecule has 126 valence electrons. The summed E-state index contributed by atoms with van der Waals surface area (Å²) >= 11 is 25.0. The van der Waals surface area contributed by atoms with E-state index in [9.17, 15) is 4.39 Å². The van der Waals surface area contributed by atoms with Crippen molar-refractivity contribution in [2.45, 2.75) is 17.7 Å². The Morgan fingerprint density at radius 1 is 1.17 bits per heavy atom. The molecule has 0 bridgehead atoms. The van der Waals surface area contributed by atoms with Crippen molar-refractivity contribution in [2.75, 3.05) is 12.3 Å². The van der Waals surface area contributed by atoms with Gasteiger partial charge in [-0.15, -0.1) is 11.6 Å². The molecule has 1 aliphatic heterocycles. The van der Waals surface area contributed by atoms with Crippen LogP contribution in [0.15, 0.2) is 35.3 Å². The molecule has 2 nitrogen and oxygen atoms in total. The number of benzene rings is 2. The molecule has 2 aromatic rings. The molecule has 0 saturated heterocycles. The highest BCUT2D eigenvalue weighted by Gasteiger charge is 2.43. The number of rotatable bonds is 2. The first-order chi connectivity index (χ1) is 11.2. The molecule has 0 fully saturated rings. The fourth-order valence-corrected chi connectivity index (χ4v) is 3.76. The second kappa shape index (κ2) is 6.38. The average molecular weight is 406 g/mol. The smallest absolute Gasteiger partial charge is 0.146 e. The third-order valence-corrected chi connectivity index (χ3v) is 6.20. The minimum absolute atomic E-state index is 0.0604. The molecule has 24 heavy (non-hydrogen) atoms. The Balaban J connectivity index is 1.99. The van der Waals surface area contributed by atoms with E-state index in [1.54, 1.807) is 18.2 Å². The van der Waals surface area contributed by atoms with E-state index in [0.29, 0.717) is 32.9 Å². The Kier molecular flexibility index (Phi) is 4.73. The van der Waals surface area contributed by atoms with E-state index in [0.717, 1.165) is 5.56 Å². The van der Waals surface area contributed by atoms with Gasteiger partial charge in [0.15, 0.2) is 0 Å². The van der Waals surface area contributed by atoms with Gasteiger partial charge in [0, 0.05) is 5.41 Å². The van der Waals surface area contributed by atoms with Gasteiger partial charge in [-0.2, -0.15) is 0 Å². The summed E-state index contributed by atoms with van der Waals surface area (Å²) in [5, 5.41) is 0.588. The normalized spacial score (nSPS) is 23.4. The van der Waals surface area contributed by atoms with Crippen LogP contribution < -0.4 is 5.73 Å². The lowest BCUT2D eigenvalue weighted by Crippen LogP contribution is -2.35. The molecule has 1 aliphatic rings. The van der Waals surface area contributed by atoms with E-state index < -0.39 is 16.6 Å². The molecular weight excluding hydrogens is 393 g/mol. The summed E-state index contributed by atoms with van der Waals surface area (Å²) < 4.78 is 13.4. The number of halogens is 5. The van der Waals surface area contributed by atoms with Crippen LogP contribution in [0.3, 0.4) is 0 Å². The van der Waals surface area contributed by atoms with Crippen LogP contribution >= 0.6 is 46.4 Å². The van der Waals surface area contributed by atoms with Gasteiger partial charge in [0.2, 0.25) is 0 Å². The summed E-state index contributed by atoms with van der Waals surface area (Å²) in [6.07, 6.45) is 0. The molecule has 7 heteroatoms. The third kappa shape index (κ3) is 2.88. The number of nitrogens with two attached hydrogens (primary N) is 1. The number of anilines is 1. The molecule has 2 atom stereocenters. The lowest BCUT2D eigenvalue weighted by molar-refractivity contribution is 0.541. The largest absolute Gasteiger partial charge is 0.396 e. The zero-order valence-corrected chi connectivity index (χ0v) is 15.6. The number of hydrogen-bond acceptors (Lipinski definition) is 2. The van der Waals surface area contributed by atoms with Crippen LogP contribution in [-0.4, -0.2) is 17.6 Å². The zero-order chi connectivity index (χ0) is 17.6. The lowest BCUT2D eigenvalue weighted by atomic mass is 9.79. The van der Waals surface area contributed by atoms with Crippen molar-refractivity contribution < 1.29 is 4.39 Å². The summed E-state index contributed by atoms with van der Waals surface area (Å²) in [4.78, 5) is 4.56. The Bertz CT molecular complexity index is 829. The average Bonchev–Trinajstić information content (AvgIpc) is 2.84. The second-order valence-corrected chi connectivity index (χ2v) is 7.60. The van der Waals surface area contributed by atoms with Crippen LogP contribution in [0.2, 0.25) is 15.1 Å².